The largest absolute Gasteiger partial charge is 0.350 e. The Morgan fingerprint density at radius 3 is 1.73 bits per heavy atom. The van der Waals surface area contributed by atoms with E-state index in [1.165, 1.54) is 36.8 Å². The number of nitrogens with one attached hydrogen (secondary N) is 2. The molecule has 334 valence electrons. The first kappa shape index (κ1) is 42.7. The second kappa shape index (κ2) is 19.1. The lowest BCUT2D eigenvalue weighted by Gasteiger charge is -2.31. The van der Waals surface area contributed by atoms with Crippen LogP contribution < -0.4 is 10.6 Å². The molecule has 2 fully saturated rings. The molecule has 0 spiro atoms. The molecule has 4 aromatic carbocycles. The fraction of sp³-hybridized carbons (Fsp3) is 0.269. The Morgan fingerprint density at radius 2 is 1.11 bits per heavy atom. The Morgan fingerprint density at radius 1 is 0.530 bits per heavy atom. The van der Waals surface area contributed by atoms with Crippen LogP contribution in [0.2, 0.25) is 0 Å². The maximum atomic E-state index is 15.6. The molecule has 0 amide bonds. The molecule has 0 saturated heterocycles. The summed E-state index contributed by atoms with van der Waals surface area (Å²) in [6.07, 6.45) is 16.0. The van der Waals surface area contributed by atoms with Crippen molar-refractivity contribution in [3.8, 4) is 45.3 Å². The Hall–Kier alpha value is -7.22. The lowest BCUT2D eigenvalue weighted by Crippen LogP contribution is -2.19. The molecule has 2 aliphatic rings. The number of anilines is 2. The van der Waals surface area contributed by atoms with Crippen molar-refractivity contribution in [2.24, 2.45) is 0 Å². The molecular formula is C52H48F4N10. The zero-order valence-electron chi connectivity index (χ0n) is 36.2. The summed E-state index contributed by atoms with van der Waals surface area (Å²) in [5.41, 5.74) is 7.99. The lowest BCUT2D eigenvalue weighted by molar-refractivity contribution is 0.320. The van der Waals surface area contributed by atoms with E-state index in [1.807, 2.05) is 24.8 Å². The van der Waals surface area contributed by atoms with Gasteiger partial charge in [0.1, 0.15) is 23.3 Å². The van der Waals surface area contributed by atoms with Crippen LogP contribution in [-0.4, -0.2) is 39.0 Å². The smallest absolute Gasteiger partial charge is 0.223 e. The topological polar surface area (TPSA) is 111 Å². The Bertz CT molecular complexity index is 2940. The van der Waals surface area contributed by atoms with Crippen LogP contribution in [0.3, 0.4) is 0 Å². The van der Waals surface area contributed by atoms with Crippen LogP contribution in [0.1, 0.15) is 92.5 Å². The summed E-state index contributed by atoms with van der Waals surface area (Å²) in [6, 6.07) is 28.4. The minimum atomic E-state index is -0.350. The molecule has 4 heterocycles. The third-order valence-electron chi connectivity index (χ3n) is 12.9. The number of halogens is 4. The van der Waals surface area contributed by atoms with Gasteiger partial charge in [-0.05, 0) is 128 Å². The van der Waals surface area contributed by atoms with Crippen molar-refractivity contribution in [3.63, 3.8) is 0 Å². The van der Waals surface area contributed by atoms with Crippen molar-refractivity contribution in [1.29, 1.82) is 0 Å². The van der Waals surface area contributed by atoms with Gasteiger partial charge in [-0.25, -0.2) is 47.5 Å². The molecule has 10 rings (SSSR count). The average molecular weight is 889 g/mol. The zero-order chi connectivity index (χ0) is 45.0. The fourth-order valence-electron chi connectivity index (χ4n) is 9.66. The predicted octanol–water partition coefficient (Wildman–Crippen LogP) is 12.5. The molecule has 2 atom stereocenters. The maximum absolute atomic E-state index is 15.6. The van der Waals surface area contributed by atoms with Gasteiger partial charge in [0.05, 0.1) is 46.8 Å². The summed E-state index contributed by atoms with van der Waals surface area (Å²) in [5.74, 6) is -0.520. The zero-order valence-corrected chi connectivity index (χ0v) is 36.2. The van der Waals surface area contributed by atoms with Gasteiger partial charge in [-0.1, -0.05) is 49.9 Å². The van der Waals surface area contributed by atoms with E-state index in [2.05, 4.69) is 35.8 Å². The minimum absolute atomic E-state index is 0.00642. The molecule has 4 aromatic heterocycles. The van der Waals surface area contributed by atoms with E-state index in [4.69, 9.17) is 19.9 Å². The minimum Gasteiger partial charge on any atom is -0.350 e. The van der Waals surface area contributed by atoms with E-state index in [0.29, 0.717) is 41.1 Å². The summed E-state index contributed by atoms with van der Waals surface area (Å²) in [7, 11) is 0. The van der Waals surface area contributed by atoms with Gasteiger partial charge in [0.25, 0.3) is 0 Å². The van der Waals surface area contributed by atoms with E-state index in [0.717, 1.165) is 90.7 Å². The molecule has 8 aromatic rings. The summed E-state index contributed by atoms with van der Waals surface area (Å²) >= 11 is 0. The van der Waals surface area contributed by atoms with Gasteiger partial charge in [-0.15, -0.1) is 0 Å². The van der Waals surface area contributed by atoms with Gasteiger partial charge < -0.3 is 19.8 Å². The first-order chi connectivity index (χ1) is 32.3. The summed E-state index contributed by atoms with van der Waals surface area (Å²) in [5, 5.41) is 6.51. The van der Waals surface area contributed by atoms with Gasteiger partial charge in [-0.2, -0.15) is 0 Å². The summed E-state index contributed by atoms with van der Waals surface area (Å²) in [6.45, 7) is 0.492. The molecule has 2 saturated carbocycles. The number of benzene rings is 4. The van der Waals surface area contributed by atoms with Crippen LogP contribution in [0.25, 0.3) is 45.3 Å². The molecule has 14 heteroatoms. The molecule has 0 radical (unpaired) electrons. The van der Waals surface area contributed by atoms with Crippen LogP contribution >= 0.6 is 0 Å². The van der Waals surface area contributed by atoms with Gasteiger partial charge in [0, 0.05) is 54.3 Å². The van der Waals surface area contributed by atoms with E-state index in [1.54, 1.807) is 67.0 Å². The monoisotopic (exact) mass is 888 g/mol. The third kappa shape index (κ3) is 9.31. The molecule has 2 aliphatic carbocycles. The van der Waals surface area contributed by atoms with Crippen molar-refractivity contribution < 1.29 is 17.6 Å². The van der Waals surface area contributed by atoms with E-state index in [9.17, 15) is 13.2 Å². The van der Waals surface area contributed by atoms with Gasteiger partial charge in [0.15, 0.2) is 0 Å². The predicted molar refractivity (Wildman–Crippen MR) is 247 cm³/mol. The Kier molecular flexibility index (Phi) is 12.4. The molecule has 2 N–H and O–H groups in total. The Balaban J connectivity index is 0.897. The average Bonchev–Trinajstić information content (AvgIpc) is 4.00. The SMILES string of the molecule is Fc1ccc(-c2ncn(C3CCCCC3)c2-c2ccnc(NCc3cc(F)cc(C4CCCC(n5cnc(-c6ccc(F)cc6)c5-c5ccnc(NCc6ccccc6F)n5)C4)c3)n2)cc1. The van der Waals surface area contributed by atoms with Crippen molar-refractivity contribution in [2.75, 3.05) is 10.6 Å². The first-order valence-electron chi connectivity index (χ1n) is 22.7. The number of nitrogens with zero attached hydrogens (tertiary/aromatic N) is 8. The highest BCUT2D eigenvalue weighted by molar-refractivity contribution is 5.78. The number of aromatic nitrogens is 8. The summed E-state index contributed by atoms with van der Waals surface area (Å²) < 4.78 is 62.5. The van der Waals surface area contributed by atoms with Crippen molar-refractivity contribution >= 4 is 11.9 Å². The number of hydrogen-bond donors (Lipinski definition) is 2. The van der Waals surface area contributed by atoms with Crippen molar-refractivity contribution in [1.82, 2.24) is 39.0 Å². The lowest BCUT2D eigenvalue weighted by atomic mass is 9.80. The van der Waals surface area contributed by atoms with Gasteiger partial charge >= 0.3 is 0 Å². The molecule has 0 bridgehead atoms. The molecule has 66 heavy (non-hydrogen) atoms. The van der Waals surface area contributed by atoms with Crippen LogP contribution in [0, 0.1) is 23.3 Å². The normalized spacial score (nSPS) is 16.6. The molecule has 2 unspecified atom stereocenters. The van der Waals surface area contributed by atoms with E-state index in [-0.39, 0.29) is 47.8 Å². The maximum Gasteiger partial charge on any atom is 0.223 e. The van der Waals surface area contributed by atoms with Gasteiger partial charge in [-0.3, -0.25) is 0 Å². The standard InChI is InChI=1S/C52H48F4N10/c53-39-17-13-34(14-18-39)47-49(65(31-61-47)42-9-2-1-3-10-42)45-21-23-57-51(63-45)59-29-33-25-38(27-41(55)26-33)36-8-6-11-43(28-36)66-32-62-48(35-15-19-40(54)20-16-35)50(66)46-22-24-58-52(64-46)60-30-37-7-4-5-12-44(37)56/h4-5,7,12-27,31-32,36,42-43H,1-3,6,8-11,28-30H2,(H,57,59,63)(H,58,60,64). The van der Waals surface area contributed by atoms with E-state index >= 15 is 4.39 Å². The highest BCUT2D eigenvalue weighted by Gasteiger charge is 2.29. The number of imidazole rings is 2. The quantitative estimate of drug-likeness (QED) is 0.110. The molecular weight excluding hydrogens is 841 g/mol. The number of rotatable bonds is 13. The van der Waals surface area contributed by atoms with Crippen LogP contribution in [0.4, 0.5) is 29.5 Å². The second-order valence-corrected chi connectivity index (χ2v) is 17.2. The molecule has 10 nitrogen and oxygen atoms in total. The third-order valence-corrected chi connectivity index (χ3v) is 12.9. The second-order valence-electron chi connectivity index (χ2n) is 17.2. The van der Waals surface area contributed by atoms with Crippen molar-refractivity contribution in [2.45, 2.75) is 88.9 Å². The van der Waals surface area contributed by atoms with Crippen LogP contribution in [-0.2, 0) is 13.1 Å². The highest BCUT2D eigenvalue weighted by Crippen LogP contribution is 2.43. The highest BCUT2D eigenvalue weighted by atomic mass is 19.1. The van der Waals surface area contributed by atoms with Crippen LogP contribution in [0.5, 0.6) is 0 Å². The number of hydrogen-bond acceptors (Lipinski definition) is 8. The van der Waals surface area contributed by atoms with Crippen molar-refractivity contribution in [3.05, 3.63) is 168 Å². The van der Waals surface area contributed by atoms with Gasteiger partial charge in [0.2, 0.25) is 11.9 Å². The first-order valence-corrected chi connectivity index (χ1v) is 22.7. The molecule has 0 aliphatic heterocycles. The fourth-order valence-corrected chi connectivity index (χ4v) is 9.66. The van der Waals surface area contributed by atoms with E-state index < -0.39 is 0 Å². The Labute approximate surface area is 380 Å². The summed E-state index contributed by atoms with van der Waals surface area (Å²) in [4.78, 5) is 28.5. The van der Waals surface area contributed by atoms with Crippen LogP contribution in [0.15, 0.2) is 128 Å².